The minimum Gasteiger partial charge on any atom is -0.394 e. The Kier molecular flexibility index (Phi) is 8.37. The Bertz CT molecular complexity index is 978. The quantitative estimate of drug-likeness (QED) is 0.244. The Balaban J connectivity index is 0.000000186. The van der Waals surface area contributed by atoms with E-state index in [-0.39, 0.29) is 11.8 Å². The van der Waals surface area contributed by atoms with Crippen LogP contribution in [0.25, 0.3) is 0 Å². The number of rotatable bonds is 6. The fraction of sp³-hybridized carbons (Fsp3) is 0.647. The van der Waals surface area contributed by atoms with Crippen LogP contribution in [0.2, 0.25) is 0 Å². The first-order valence-electron chi connectivity index (χ1n) is 10.1. The van der Waals surface area contributed by atoms with Crippen LogP contribution < -0.4 is 11.4 Å². The summed E-state index contributed by atoms with van der Waals surface area (Å²) in [6, 6.07) is 0. The molecule has 33 heavy (non-hydrogen) atoms. The number of nitrogens with two attached hydrogens (primary N) is 1. The molecule has 2 aliphatic rings. The van der Waals surface area contributed by atoms with Crippen molar-refractivity contribution in [2.75, 3.05) is 45.2 Å². The predicted octanol–water partition coefficient (Wildman–Crippen LogP) is -3.04. The zero-order chi connectivity index (χ0) is 24.0. The highest BCUT2D eigenvalue weighted by molar-refractivity contribution is 5.14. The lowest BCUT2D eigenvalue weighted by atomic mass is 10.1. The maximum absolute atomic E-state index is 11.5. The second-order valence-electron chi connectivity index (χ2n) is 7.29. The topological polar surface area (TPSA) is 217 Å². The van der Waals surface area contributed by atoms with Crippen LogP contribution >= 0.6 is 0 Å². The molecule has 2 aromatic rings. The third kappa shape index (κ3) is 6.06. The van der Waals surface area contributed by atoms with Gasteiger partial charge >= 0.3 is 11.5 Å². The van der Waals surface area contributed by atoms with Gasteiger partial charge in [0.2, 0.25) is 5.95 Å². The minimum absolute atomic E-state index is 0.0493. The van der Waals surface area contributed by atoms with Gasteiger partial charge in [-0.15, -0.1) is 0 Å². The molecule has 0 bridgehead atoms. The van der Waals surface area contributed by atoms with Crippen molar-refractivity contribution in [3.63, 3.8) is 0 Å². The van der Waals surface area contributed by atoms with E-state index in [0.717, 1.165) is 43.7 Å². The zero-order valence-corrected chi connectivity index (χ0v) is 17.6. The SMILES string of the molecule is Nc1ncn([C@@H]2O[C@H](CO)[C@@H](O)[C@H]2O)c(=O)n1.O=[N+]([O-])c1cncn1CCN1CCOCC1. The van der Waals surface area contributed by atoms with Crippen LogP contribution in [0.5, 0.6) is 0 Å². The molecule has 4 heterocycles. The summed E-state index contributed by atoms with van der Waals surface area (Å²) in [5, 5.41) is 38.7. The van der Waals surface area contributed by atoms with E-state index < -0.39 is 41.8 Å². The highest BCUT2D eigenvalue weighted by Gasteiger charge is 2.43. The molecule has 2 aromatic heterocycles. The van der Waals surface area contributed by atoms with Gasteiger partial charge < -0.3 is 40.6 Å². The molecule has 4 rings (SSSR count). The van der Waals surface area contributed by atoms with Crippen LogP contribution in [0.1, 0.15) is 6.23 Å². The number of nitrogens with zero attached hydrogens (tertiary/aromatic N) is 7. The van der Waals surface area contributed by atoms with Crippen molar-refractivity contribution < 1.29 is 29.7 Å². The monoisotopic (exact) mass is 470 g/mol. The molecule has 4 atom stereocenters. The van der Waals surface area contributed by atoms with Crippen molar-refractivity contribution in [3.05, 3.63) is 39.5 Å². The summed E-state index contributed by atoms with van der Waals surface area (Å²) in [6.07, 6.45) is -0.899. The number of aliphatic hydroxyl groups excluding tert-OH is 3. The molecule has 16 nitrogen and oxygen atoms in total. The Morgan fingerprint density at radius 1 is 1.21 bits per heavy atom. The van der Waals surface area contributed by atoms with Gasteiger partial charge in [-0.25, -0.2) is 19.3 Å². The number of aliphatic hydroxyl groups is 3. The maximum Gasteiger partial charge on any atom is 0.354 e. The molecule has 182 valence electrons. The van der Waals surface area contributed by atoms with Crippen molar-refractivity contribution in [1.29, 1.82) is 0 Å². The van der Waals surface area contributed by atoms with Crippen molar-refractivity contribution in [2.24, 2.45) is 0 Å². The van der Waals surface area contributed by atoms with Gasteiger partial charge in [-0.2, -0.15) is 4.98 Å². The van der Waals surface area contributed by atoms with E-state index in [9.17, 15) is 25.1 Å². The van der Waals surface area contributed by atoms with Crippen molar-refractivity contribution in [3.8, 4) is 0 Å². The van der Waals surface area contributed by atoms with Gasteiger partial charge in [0.05, 0.1) is 19.8 Å². The van der Waals surface area contributed by atoms with Crippen LogP contribution in [0, 0.1) is 10.1 Å². The number of morpholine rings is 1. The van der Waals surface area contributed by atoms with Gasteiger partial charge in [-0.1, -0.05) is 0 Å². The largest absolute Gasteiger partial charge is 0.394 e. The van der Waals surface area contributed by atoms with Crippen LogP contribution in [0.3, 0.4) is 0 Å². The molecule has 0 unspecified atom stereocenters. The second kappa shape index (κ2) is 11.2. The molecule has 5 N–H and O–H groups in total. The molecule has 2 aliphatic heterocycles. The number of aromatic nitrogens is 5. The first-order chi connectivity index (χ1) is 15.8. The van der Waals surface area contributed by atoms with Crippen molar-refractivity contribution in [1.82, 2.24) is 29.0 Å². The molecule has 2 fully saturated rings. The first kappa shape index (κ1) is 24.6. The van der Waals surface area contributed by atoms with E-state index in [2.05, 4.69) is 19.9 Å². The van der Waals surface area contributed by atoms with Crippen LogP contribution in [0.15, 0.2) is 23.6 Å². The number of nitro groups is 1. The molecule has 0 spiro atoms. The van der Waals surface area contributed by atoms with E-state index in [1.54, 1.807) is 4.57 Å². The fourth-order valence-corrected chi connectivity index (χ4v) is 3.35. The lowest BCUT2D eigenvalue weighted by Gasteiger charge is -2.25. The van der Waals surface area contributed by atoms with E-state index in [1.165, 1.54) is 12.5 Å². The van der Waals surface area contributed by atoms with Crippen molar-refractivity contribution >= 4 is 11.8 Å². The van der Waals surface area contributed by atoms with Crippen LogP contribution in [0.4, 0.5) is 11.8 Å². The standard InChI is InChI=1S/C9H14N4O3.C8H12N4O5/c14-13(15)9-7-10-8-12(9)2-1-11-3-5-16-6-4-11;9-7-10-2-12(8(16)11-7)6-5(15)4(14)3(1-13)17-6/h7-8H,1-6H2;2-6,13-15H,1H2,(H2,9,11,16)/t;3-,4-,5-,6-/m.1/s1. The van der Waals surface area contributed by atoms with E-state index in [4.69, 9.17) is 20.3 Å². The summed E-state index contributed by atoms with van der Waals surface area (Å²) in [4.78, 5) is 34.7. The number of nitrogen functional groups attached to an aromatic ring is 1. The highest BCUT2D eigenvalue weighted by atomic mass is 16.6. The predicted molar refractivity (Wildman–Crippen MR) is 110 cm³/mol. The van der Waals surface area contributed by atoms with Gasteiger partial charge in [-0.05, 0) is 4.92 Å². The molecule has 16 heteroatoms. The summed E-state index contributed by atoms with van der Waals surface area (Å²) in [6.45, 7) is 4.18. The summed E-state index contributed by atoms with van der Waals surface area (Å²) in [5.41, 5.74) is 4.46. The van der Waals surface area contributed by atoms with Gasteiger partial charge in [0, 0.05) is 19.6 Å². The molecule has 2 saturated heterocycles. The molecule has 0 radical (unpaired) electrons. The van der Waals surface area contributed by atoms with E-state index in [0.29, 0.717) is 6.54 Å². The number of imidazole rings is 1. The Labute approximate surface area is 187 Å². The summed E-state index contributed by atoms with van der Waals surface area (Å²) >= 11 is 0. The Hall–Kier alpha value is -3.02. The van der Waals surface area contributed by atoms with E-state index >= 15 is 0 Å². The average molecular weight is 470 g/mol. The molecular weight excluding hydrogens is 444 g/mol. The highest BCUT2D eigenvalue weighted by Crippen LogP contribution is 2.27. The smallest absolute Gasteiger partial charge is 0.354 e. The van der Waals surface area contributed by atoms with Crippen LogP contribution in [-0.2, 0) is 16.0 Å². The molecule has 0 amide bonds. The lowest BCUT2D eigenvalue weighted by Crippen LogP contribution is -2.38. The van der Waals surface area contributed by atoms with Gasteiger partial charge in [0.1, 0.15) is 37.4 Å². The third-order valence-corrected chi connectivity index (χ3v) is 5.18. The Morgan fingerprint density at radius 2 is 1.94 bits per heavy atom. The van der Waals surface area contributed by atoms with Gasteiger partial charge in [0.25, 0.3) is 0 Å². The zero-order valence-electron chi connectivity index (χ0n) is 17.6. The van der Waals surface area contributed by atoms with E-state index in [1.807, 2.05) is 0 Å². The van der Waals surface area contributed by atoms with Gasteiger partial charge in [0.15, 0.2) is 12.6 Å². The summed E-state index contributed by atoms with van der Waals surface area (Å²) in [7, 11) is 0. The molecule has 0 aromatic carbocycles. The van der Waals surface area contributed by atoms with Crippen molar-refractivity contribution in [2.45, 2.75) is 31.1 Å². The number of anilines is 1. The minimum atomic E-state index is -1.35. The summed E-state index contributed by atoms with van der Waals surface area (Å²) < 4.78 is 12.8. The number of hydrogen-bond donors (Lipinski definition) is 4. The third-order valence-electron chi connectivity index (χ3n) is 5.18. The fourth-order valence-electron chi connectivity index (χ4n) is 3.35. The normalized spacial score (nSPS) is 25.4. The first-order valence-corrected chi connectivity index (χ1v) is 10.1. The van der Waals surface area contributed by atoms with Gasteiger partial charge in [-0.3, -0.25) is 9.47 Å². The number of hydrogen-bond acceptors (Lipinski definition) is 13. The maximum atomic E-state index is 11.5. The molecule has 0 aliphatic carbocycles. The average Bonchev–Trinajstić information content (AvgIpc) is 3.39. The second-order valence-corrected chi connectivity index (χ2v) is 7.29. The Morgan fingerprint density at radius 3 is 2.55 bits per heavy atom. The van der Waals surface area contributed by atoms with Crippen LogP contribution in [-0.4, -0.2) is 107 Å². The number of ether oxygens (including phenoxy) is 2. The summed E-state index contributed by atoms with van der Waals surface area (Å²) in [5.74, 6) is -0.147. The molecular formula is C17H26N8O8. The lowest BCUT2D eigenvalue weighted by molar-refractivity contribution is -0.392. The molecule has 0 saturated carbocycles.